The molecule has 15 heavy (non-hydrogen) atoms. The molecular weight excluding hydrogens is 190 g/mol. The van der Waals surface area contributed by atoms with Crippen LogP contribution in [-0.2, 0) is 4.79 Å². The van der Waals surface area contributed by atoms with E-state index in [1.807, 2.05) is 12.1 Å². The lowest BCUT2D eigenvalue weighted by atomic mass is 9.84. The van der Waals surface area contributed by atoms with Gasteiger partial charge in [-0.05, 0) is 12.8 Å². The van der Waals surface area contributed by atoms with Crippen molar-refractivity contribution in [2.45, 2.75) is 38.1 Å². The van der Waals surface area contributed by atoms with Gasteiger partial charge in [0.2, 0.25) is 0 Å². The fourth-order valence-corrected chi connectivity index (χ4v) is 1.98. The summed E-state index contributed by atoms with van der Waals surface area (Å²) in [7, 11) is 0. The van der Waals surface area contributed by atoms with Crippen molar-refractivity contribution in [2.24, 2.45) is 5.92 Å². The van der Waals surface area contributed by atoms with Crippen LogP contribution in [0.25, 0.3) is 0 Å². The highest BCUT2D eigenvalue weighted by atomic mass is 16.1. The fraction of sp³-hybridized carbons (Fsp3) is 0.727. The second kappa shape index (κ2) is 6.16. The number of nitriles is 2. The van der Waals surface area contributed by atoms with Gasteiger partial charge >= 0.3 is 0 Å². The topological polar surface area (TPSA) is 76.7 Å². The van der Waals surface area contributed by atoms with E-state index in [-0.39, 0.29) is 18.2 Å². The molecule has 1 saturated carbocycles. The van der Waals surface area contributed by atoms with Gasteiger partial charge < -0.3 is 0 Å². The van der Waals surface area contributed by atoms with Crippen LogP contribution in [0, 0.1) is 28.6 Å². The summed E-state index contributed by atoms with van der Waals surface area (Å²) in [5.74, 6) is -0.0120. The van der Waals surface area contributed by atoms with Crippen LogP contribution in [-0.4, -0.2) is 18.4 Å². The maximum absolute atomic E-state index is 11.8. The van der Waals surface area contributed by atoms with Gasteiger partial charge in [-0.2, -0.15) is 10.5 Å². The smallest absolute Gasteiger partial charge is 0.167 e. The molecular formula is C11H15N3O. The van der Waals surface area contributed by atoms with Crippen LogP contribution in [0.2, 0.25) is 0 Å². The molecule has 1 aliphatic carbocycles. The van der Waals surface area contributed by atoms with Crippen molar-refractivity contribution < 1.29 is 4.79 Å². The minimum absolute atomic E-state index is 0.0228. The number of Topliss-reactive ketones (excluding diaryl/α,β-unsaturated/α-hetero) is 1. The number of nitrogens with zero attached hydrogens (tertiary/aromatic N) is 2. The van der Waals surface area contributed by atoms with E-state index in [1.54, 1.807) is 0 Å². The van der Waals surface area contributed by atoms with Gasteiger partial charge in [0, 0.05) is 5.92 Å². The maximum atomic E-state index is 11.8. The molecule has 0 aromatic rings. The van der Waals surface area contributed by atoms with Gasteiger partial charge in [0.05, 0.1) is 18.7 Å². The largest absolute Gasteiger partial charge is 0.296 e. The van der Waals surface area contributed by atoms with Gasteiger partial charge in [-0.15, -0.1) is 0 Å². The highest BCUT2D eigenvalue weighted by Crippen LogP contribution is 2.25. The molecule has 80 valence electrons. The van der Waals surface area contributed by atoms with Crippen molar-refractivity contribution in [3.8, 4) is 12.1 Å². The van der Waals surface area contributed by atoms with Crippen molar-refractivity contribution in [3.05, 3.63) is 0 Å². The summed E-state index contributed by atoms with van der Waals surface area (Å²) >= 11 is 0. The average Bonchev–Trinajstić information content (AvgIpc) is 2.31. The van der Waals surface area contributed by atoms with Gasteiger partial charge in [-0.25, -0.2) is 0 Å². The van der Waals surface area contributed by atoms with Gasteiger partial charge in [0.1, 0.15) is 0 Å². The maximum Gasteiger partial charge on any atom is 0.167 e. The molecule has 0 aromatic carbocycles. The standard InChI is InChI=1S/C11H15N3O/c12-6-7-14-10(8-13)11(15)9-4-2-1-3-5-9/h9-10,14H,1-5,7H2. The Labute approximate surface area is 89.9 Å². The summed E-state index contributed by atoms with van der Waals surface area (Å²) in [5.41, 5.74) is 0. The molecule has 1 atom stereocenters. The third-order valence-electron chi connectivity index (χ3n) is 2.81. The fourth-order valence-electron chi connectivity index (χ4n) is 1.98. The summed E-state index contributed by atoms with van der Waals surface area (Å²) < 4.78 is 0. The SMILES string of the molecule is N#CCNC(C#N)C(=O)C1CCCCC1. The Morgan fingerprint density at radius 1 is 1.33 bits per heavy atom. The van der Waals surface area contributed by atoms with E-state index in [2.05, 4.69) is 5.32 Å². The monoisotopic (exact) mass is 205 g/mol. The highest BCUT2D eigenvalue weighted by Gasteiger charge is 2.27. The Balaban J connectivity index is 2.49. The lowest BCUT2D eigenvalue weighted by Crippen LogP contribution is -2.40. The molecule has 4 heteroatoms. The Bertz CT molecular complexity index is 294. The quantitative estimate of drug-likeness (QED) is 0.698. The molecule has 1 fully saturated rings. The van der Waals surface area contributed by atoms with Crippen LogP contribution >= 0.6 is 0 Å². The van der Waals surface area contributed by atoms with E-state index in [1.165, 1.54) is 6.42 Å². The molecule has 0 spiro atoms. The second-order valence-electron chi connectivity index (χ2n) is 3.84. The molecule has 1 rings (SSSR count). The van der Waals surface area contributed by atoms with E-state index >= 15 is 0 Å². The number of hydrogen-bond acceptors (Lipinski definition) is 4. The van der Waals surface area contributed by atoms with E-state index < -0.39 is 6.04 Å². The second-order valence-corrected chi connectivity index (χ2v) is 3.84. The first-order valence-corrected chi connectivity index (χ1v) is 5.33. The van der Waals surface area contributed by atoms with Crippen molar-refractivity contribution in [2.75, 3.05) is 6.54 Å². The molecule has 4 nitrogen and oxygen atoms in total. The van der Waals surface area contributed by atoms with Crippen LogP contribution in [0.1, 0.15) is 32.1 Å². The highest BCUT2D eigenvalue weighted by molar-refractivity contribution is 5.88. The first-order valence-electron chi connectivity index (χ1n) is 5.33. The van der Waals surface area contributed by atoms with E-state index in [0.29, 0.717) is 0 Å². The number of carbonyl (C=O) groups excluding carboxylic acids is 1. The lowest BCUT2D eigenvalue weighted by molar-refractivity contribution is -0.124. The summed E-state index contributed by atoms with van der Waals surface area (Å²) in [4.78, 5) is 11.8. The zero-order chi connectivity index (χ0) is 11.1. The number of ketones is 1. The van der Waals surface area contributed by atoms with Crippen LogP contribution in [0.3, 0.4) is 0 Å². The molecule has 1 unspecified atom stereocenters. The third-order valence-corrected chi connectivity index (χ3v) is 2.81. The van der Waals surface area contributed by atoms with Crippen LogP contribution in [0.4, 0.5) is 0 Å². The number of nitrogens with one attached hydrogen (secondary N) is 1. The third kappa shape index (κ3) is 3.34. The summed E-state index contributed by atoms with van der Waals surface area (Å²) in [6, 6.07) is 3.00. The zero-order valence-electron chi connectivity index (χ0n) is 8.70. The zero-order valence-corrected chi connectivity index (χ0v) is 8.70. The molecule has 0 radical (unpaired) electrons. The summed E-state index contributed by atoms with van der Waals surface area (Å²) in [5, 5.41) is 19.8. The molecule has 0 amide bonds. The number of hydrogen-bond donors (Lipinski definition) is 1. The lowest BCUT2D eigenvalue weighted by Gasteiger charge is -2.22. The normalized spacial score (nSPS) is 18.8. The van der Waals surface area contributed by atoms with Gasteiger partial charge in [-0.1, -0.05) is 19.3 Å². The van der Waals surface area contributed by atoms with Crippen LogP contribution in [0.5, 0.6) is 0 Å². The Morgan fingerprint density at radius 3 is 2.53 bits per heavy atom. The van der Waals surface area contributed by atoms with Crippen LogP contribution in [0.15, 0.2) is 0 Å². The Kier molecular flexibility index (Phi) is 4.80. The minimum atomic E-state index is -0.798. The first-order chi connectivity index (χ1) is 7.29. The van der Waals surface area contributed by atoms with Crippen molar-refractivity contribution >= 4 is 5.78 Å². The molecule has 0 aliphatic heterocycles. The van der Waals surface area contributed by atoms with Crippen LogP contribution < -0.4 is 5.32 Å². The molecule has 0 saturated heterocycles. The minimum Gasteiger partial charge on any atom is -0.296 e. The van der Waals surface area contributed by atoms with Gasteiger partial charge in [0.15, 0.2) is 11.8 Å². The van der Waals surface area contributed by atoms with Gasteiger partial charge in [0.25, 0.3) is 0 Å². The average molecular weight is 205 g/mol. The molecule has 0 bridgehead atoms. The van der Waals surface area contributed by atoms with Crippen molar-refractivity contribution in [3.63, 3.8) is 0 Å². The number of rotatable bonds is 4. The Morgan fingerprint density at radius 2 is 2.00 bits per heavy atom. The predicted octanol–water partition coefficient (Wildman–Crippen LogP) is 1.14. The van der Waals surface area contributed by atoms with E-state index in [9.17, 15) is 4.79 Å². The molecule has 1 N–H and O–H groups in total. The summed E-state index contributed by atoms with van der Waals surface area (Å²) in [6.45, 7) is 0.0523. The summed E-state index contributed by atoms with van der Waals surface area (Å²) in [6.07, 6.45) is 5.13. The number of carbonyl (C=O) groups is 1. The van der Waals surface area contributed by atoms with E-state index in [0.717, 1.165) is 25.7 Å². The Hall–Kier alpha value is -1.39. The van der Waals surface area contributed by atoms with Gasteiger partial charge in [-0.3, -0.25) is 10.1 Å². The molecule has 0 aromatic heterocycles. The molecule has 0 heterocycles. The predicted molar refractivity (Wildman–Crippen MR) is 54.6 cm³/mol. The first kappa shape index (κ1) is 11.7. The van der Waals surface area contributed by atoms with Crippen molar-refractivity contribution in [1.82, 2.24) is 5.32 Å². The van der Waals surface area contributed by atoms with Crippen molar-refractivity contribution in [1.29, 1.82) is 10.5 Å². The van der Waals surface area contributed by atoms with E-state index in [4.69, 9.17) is 10.5 Å². The molecule has 1 aliphatic rings.